The van der Waals surface area contributed by atoms with Crippen LogP contribution in [0.3, 0.4) is 0 Å². The van der Waals surface area contributed by atoms with Crippen molar-refractivity contribution in [2.75, 3.05) is 32.7 Å². The SMILES string of the molecule is [CH2-]CCN(CCC)C(C)C.[CH2-]CCN(CCC)CCC.[Zn+2]. The monoisotopic (exact) mass is 348 g/mol. The number of rotatable bonds is 11. The minimum atomic E-state index is 0. The Labute approximate surface area is 148 Å². The van der Waals surface area contributed by atoms with Gasteiger partial charge in [-0.2, -0.15) is 12.8 Å². The summed E-state index contributed by atoms with van der Waals surface area (Å²) in [5.41, 5.74) is 0. The van der Waals surface area contributed by atoms with Crippen LogP contribution in [0.25, 0.3) is 0 Å². The molecule has 0 unspecified atom stereocenters. The third-order valence-corrected chi connectivity index (χ3v) is 3.24. The second kappa shape index (κ2) is 20.5. The van der Waals surface area contributed by atoms with Crippen LogP contribution in [0.5, 0.6) is 0 Å². The largest absolute Gasteiger partial charge is 2.00 e. The maximum Gasteiger partial charge on any atom is 2.00 e. The van der Waals surface area contributed by atoms with E-state index in [4.69, 9.17) is 0 Å². The van der Waals surface area contributed by atoms with Crippen molar-refractivity contribution in [1.29, 1.82) is 0 Å². The van der Waals surface area contributed by atoms with E-state index in [2.05, 4.69) is 58.3 Å². The van der Waals surface area contributed by atoms with Crippen molar-refractivity contribution < 1.29 is 19.5 Å². The first-order valence-electron chi connectivity index (χ1n) is 8.62. The van der Waals surface area contributed by atoms with Gasteiger partial charge in [0.2, 0.25) is 0 Å². The van der Waals surface area contributed by atoms with E-state index in [0.717, 1.165) is 19.4 Å². The molecular formula is C18H40N2Zn. The maximum absolute atomic E-state index is 3.85. The van der Waals surface area contributed by atoms with Crippen LogP contribution in [0.2, 0.25) is 0 Å². The summed E-state index contributed by atoms with van der Waals surface area (Å²) in [4.78, 5) is 4.94. The van der Waals surface area contributed by atoms with Gasteiger partial charge >= 0.3 is 19.5 Å². The van der Waals surface area contributed by atoms with Gasteiger partial charge in [-0.05, 0) is 65.8 Å². The molecule has 3 heteroatoms. The standard InChI is InChI=1S/2C9H20N.Zn/c1-5-7-10(8-6-2)9(3)4;1-4-7-10(8-5-2)9-6-3;/h9H,1,5-8H2,2-4H3;1,4-9H2,2-3H3;/q2*-1;+2. The predicted octanol–water partition coefficient (Wildman–Crippen LogP) is 4.66. The van der Waals surface area contributed by atoms with Crippen molar-refractivity contribution in [3.63, 3.8) is 0 Å². The molecule has 0 aliphatic carbocycles. The Bertz CT molecular complexity index is 154. The van der Waals surface area contributed by atoms with E-state index in [9.17, 15) is 0 Å². The minimum Gasteiger partial charge on any atom is -0.342 e. The Balaban J connectivity index is -0.000000295. The van der Waals surface area contributed by atoms with Crippen molar-refractivity contribution in [2.24, 2.45) is 0 Å². The number of hydrogen-bond donors (Lipinski definition) is 0. The third-order valence-electron chi connectivity index (χ3n) is 3.24. The zero-order chi connectivity index (χ0) is 15.8. The predicted molar refractivity (Wildman–Crippen MR) is 94.0 cm³/mol. The summed E-state index contributed by atoms with van der Waals surface area (Å²) in [6, 6.07) is 0.682. The van der Waals surface area contributed by atoms with Crippen LogP contribution in [0.1, 0.15) is 66.7 Å². The van der Waals surface area contributed by atoms with Gasteiger partial charge in [0.05, 0.1) is 0 Å². The molecule has 0 fully saturated rings. The topological polar surface area (TPSA) is 6.48 Å². The van der Waals surface area contributed by atoms with Crippen molar-refractivity contribution in [2.45, 2.75) is 72.8 Å². The molecule has 2 nitrogen and oxygen atoms in total. The van der Waals surface area contributed by atoms with Crippen LogP contribution < -0.4 is 0 Å². The fraction of sp³-hybridized carbons (Fsp3) is 0.889. The molecule has 0 saturated carbocycles. The summed E-state index contributed by atoms with van der Waals surface area (Å²) in [6.07, 6.45) is 5.84. The molecule has 0 spiro atoms. The Morgan fingerprint density at radius 2 is 1.14 bits per heavy atom. The fourth-order valence-corrected chi connectivity index (χ4v) is 2.31. The molecule has 0 aromatic carbocycles. The van der Waals surface area contributed by atoms with Gasteiger partial charge in [0, 0.05) is 6.04 Å². The van der Waals surface area contributed by atoms with Gasteiger partial charge in [0.1, 0.15) is 0 Å². The Hall–Kier alpha value is 0.543. The molecule has 0 aliphatic heterocycles. The van der Waals surface area contributed by atoms with Crippen LogP contribution >= 0.6 is 0 Å². The van der Waals surface area contributed by atoms with Crippen LogP contribution in [-0.4, -0.2) is 48.6 Å². The third kappa shape index (κ3) is 18.5. The number of nitrogens with zero attached hydrogens (tertiary/aromatic N) is 2. The van der Waals surface area contributed by atoms with Crippen molar-refractivity contribution >= 4 is 0 Å². The summed E-state index contributed by atoms with van der Waals surface area (Å²) in [6.45, 7) is 24.9. The molecule has 0 atom stereocenters. The van der Waals surface area contributed by atoms with Gasteiger partial charge in [-0.3, -0.25) is 0 Å². The maximum atomic E-state index is 3.85. The van der Waals surface area contributed by atoms with Gasteiger partial charge in [-0.15, -0.1) is 0 Å². The first-order valence-corrected chi connectivity index (χ1v) is 8.62. The molecule has 0 saturated heterocycles. The first kappa shape index (κ1) is 26.4. The molecule has 0 heterocycles. The van der Waals surface area contributed by atoms with E-state index < -0.39 is 0 Å². The van der Waals surface area contributed by atoms with Gasteiger partial charge in [-0.25, -0.2) is 0 Å². The summed E-state index contributed by atoms with van der Waals surface area (Å²) >= 11 is 0. The Kier molecular flexibility index (Phi) is 25.9. The van der Waals surface area contributed by atoms with Crippen LogP contribution in [0, 0.1) is 13.8 Å². The molecule has 0 aromatic rings. The molecular weight excluding hydrogens is 310 g/mol. The van der Waals surface area contributed by atoms with Gasteiger partial charge < -0.3 is 23.6 Å². The average Bonchev–Trinajstić information content (AvgIpc) is 2.40. The van der Waals surface area contributed by atoms with E-state index in [-0.39, 0.29) is 19.5 Å². The molecule has 0 radical (unpaired) electrons. The molecule has 21 heavy (non-hydrogen) atoms. The van der Waals surface area contributed by atoms with Gasteiger partial charge in [0.15, 0.2) is 0 Å². The summed E-state index contributed by atoms with van der Waals surface area (Å²) < 4.78 is 0. The van der Waals surface area contributed by atoms with Gasteiger partial charge in [0.25, 0.3) is 0 Å². The second-order valence-corrected chi connectivity index (χ2v) is 5.68. The van der Waals surface area contributed by atoms with Crippen LogP contribution in [0.15, 0.2) is 0 Å². The van der Waals surface area contributed by atoms with Crippen LogP contribution in [0.4, 0.5) is 0 Å². The normalized spacial score (nSPS) is 10.6. The Morgan fingerprint density at radius 1 is 0.714 bits per heavy atom. The van der Waals surface area contributed by atoms with Crippen molar-refractivity contribution in [3.05, 3.63) is 13.8 Å². The summed E-state index contributed by atoms with van der Waals surface area (Å²) in [7, 11) is 0. The molecule has 0 amide bonds. The zero-order valence-corrected chi connectivity index (χ0v) is 18.6. The second-order valence-electron chi connectivity index (χ2n) is 5.68. The molecule has 124 valence electrons. The summed E-state index contributed by atoms with van der Waals surface area (Å²) in [5.74, 6) is 0. The summed E-state index contributed by atoms with van der Waals surface area (Å²) in [5, 5.41) is 0. The molecule has 0 N–H and O–H groups in total. The van der Waals surface area contributed by atoms with Crippen molar-refractivity contribution in [1.82, 2.24) is 9.80 Å². The number of hydrogen-bond acceptors (Lipinski definition) is 2. The smallest absolute Gasteiger partial charge is 0.342 e. The van der Waals surface area contributed by atoms with E-state index in [0.29, 0.717) is 6.04 Å². The van der Waals surface area contributed by atoms with E-state index >= 15 is 0 Å². The van der Waals surface area contributed by atoms with E-state index in [1.807, 2.05) is 0 Å². The molecule has 0 aliphatic rings. The molecule has 0 bridgehead atoms. The van der Waals surface area contributed by atoms with Crippen LogP contribution in [-0.2, 0) is 19.5 Å². The molecule has 0 aromatic heterocycles. The first-order chi connectivity index (χ1) is 9.56. The fourth-order valence-electron chi connectivity index (χ4n) is 2.31. The average molecular weight is 350 g/mol. The van der Waals surface area contributed by atoms with E-state index in [1.165, 1.54) is 45.4 Å². The van der Waals surface area contributed by atoms with Gasteiger partial charge in [-0.1, -0.05) is 20.8 Å². The minimum absolute atomic E-state index is 0. The molecule has 0 rings (SSSR count). The quantitative estimate of drug-likeness (QED) is 0.395. The Morgan fingerprint density at radius 3 is 1.43 bits per heavy atom. The van der Waals surface area contributed by atoms with Crippen molar-refractivity contribution in [3.8, 4) is 0 Å². The van der Waals surface area contributed by atoms with E-state index in [1.54, 1.807) is 0 Å². The zero-order valence-electron chi connectivity index (χ0n) is 15.7.